The first-order valence-electron chi connectivity index (χ1n) is 6.81. The Balaban J connectivity index is 2.05. The molecule has 0 aliphatic rings. The van der Waals surface area contributed by atoms with Crippen LogP contribution in [0.4, 0.5) is 13.2 Å². The van der Waals surface area contributed by atoms with Gasteiger partial charge in [0.15, 0.2) is 5.75 Å². The van der Waals surface area contributed by atoms with E-state index >= 15 is 0 Å². The van der Waals surface area contributed by atoms with Crippen molar-refractivity contribution in [1.29, 1.82) is 0 Å². The summed E-state index contributed by atoms with van der Waals surface area (Å²) in [6.07, 6.45) is -2.11. The molecular formula is C14H10F3N3O4S. The van der Waals surface area contributed by atoms with Crippen molar-refractivity contribution in [2.75, 3.05) is 0 Å². The van der Waals surface area contributed by atoms with Gasteiger partial charge in [0.25, 0.3) is 5.56 Å². The Labute approximate surface area is 141 Å². The number of alkyl halides is 3. The average molecular weight is 373 g/mol. The molecule has 0 saturated carbocycles. The van der Waals surface area contributed by atoms with E-state index in [9.17, 15) is 33.0 Å². The Morgan fingerprint density at radius 1 is 1.36 bits per heavy atom. The minimum absolute atomic E-state index is 0.155. The number of thiophene rings is 1. The van der Waals surface area contributed by atoms with Gasteiger partial charge in [-0.05, 0) is 11.4 Å². The third-order valence-electron chi connectivity index (χ3n) is 3.43. The summed E-state index contributed by atoms with van der Waals surface area (Å²) in [6.45, 7) is -1.42. The first kappa shape index (κ1) is 17.0. The normalized spacial score (nSPS) is 12.0. The van der Waals surface area contributed by atoms with E-state index in [1.54, 1.807) is 5.38 Å². The number of hydrogen-bond donors (Lipinski definition) is 2. The highest BCUT2D eigenvalue weighted by Crippen LogP contribution is 2.29. The van der Waals surface area contributed by atoms with Crippen molar-refractivity contribution in [2.24, 2.45) is 0 Å². The number of pyridine rings is 1. The van der Waals surface area contributed by atoms with Gasteiger partial charge in [0.2, 0.25) is 0 Å². The number of aromatic hydroxyl groups is 1. The quantitative estimate of drug-likeness (QED) is 0.731. The zero-order valence-electron chi connectivity index (χ0n) is 12.3. The number of carboxylic acid groups (broad SMARTS) is 1. The van der Waals surface area contributed by atoms with E-state index in [-0.39, 0.29) is 16.8 Å². The lowest BCUT2D eigenvalue weighted by atomic mass is 10.2. The van der Waals surface area contributed by atoms with Crippen molar-refractivity contribution >= 4 is 27.5 Å². The zero-order chi connectivity index (χ0) is 18.4. The minimum atomic E-state index is -4.43. The molecule has 0 unspecified atom stereocenters. The molecule has 0 spiro atoms. The monoisotopic (exact) mass is 373 g/mol. The highest BCUT2D eigenvalue weighted by Gasteiger charge is 2.28. The summed E-state index contributed by atoms with van der Waals surface area (Å²) in [5.41, 5.74) is -0.846. The van der Waals surface area contributed by atoms with Crippen LogP contribution in [0.2, 0.25) is 0 Å². The van der Waals surface area contributed by atoms with Crippen LogP contribution >= 0.6 is 11.3 Å². The summed E-state index contributed by atoms with van der Waals surface area (Å²) in [7, 11) is 0. The molecule has 25 heavy (non-hydrogen) atoms. The zero-order valence-corrected chi connectivity index (χ0v) is 13.1. The predicted octanol–water partition coefficient (Wildman–Crippen LogP) is 2.27. The molecule has 0 atom stereocenters. The highest BCUT2D eigenvalue weighted by molar-refractivity contribution is 7.17. The van der Waals surface area contributed by atoms with Gasteiger partial charge in [-0.25, -0.2) is 4.79 Å². The molecule has 3 aromatic rings. The maximum absolute atomic E-state index is 12.4. The number of aromatic nitrogens is 3. The third-order valence-corrected chi connectivity index (χ3v) is 4.35. The minimum Gasteiger partial charge on any atom is -0.502 e. The molecule has 0 amide bonds. The molecule has 132 valence electrons. The Kier molecular flexibility index (Phi) is 4.03. The van der Waals surface area contributed by atoms with Crippen LogP contribution < -0.4 is 5.56 Å². The third kappa shape index (κ3) is 3.22. The predicted molar refractivity (Wildman–Crippen MR) is 82.1 cm³/mol. The Morgan fingerprint density at radius 3 is 2.72 bits per heavy atom. The lowest BCUT2D eigenvalue weighted by Crippen LogP contribution is -2.22. The Bertz CT molecular complexity index is 1020. The van der Waals surface area contributed by atoms with Gasteiger partial charge in [-0.3, -0.25) is 14.0 Å². The molecule has 0 fully saturated rings. The van der Waals surface area contributed by atoms with Crippen LogP contribution in [0.3, 0.4) is 0 Å². The lowest BCUT2D eigenvalue weighted by molar-refractivity contribution is -0.142. The second kappa shape index (κ2) is 5.92. The van der Waals surface area contributed by atoms with Crippen LogP contribution in [0.25, 0.3) is 10.2 Å². The van der Waals surface area contributed by atoms with Crippen LogP contribution in [-0.2, 0) is 13.1 Å². The fraction of sp³-hybridized carbons (Fsp3) is 0.214. The van der Waals surface area contributed by atoms with Crippen molar-refractivity contribution in [3.05, 3.63) is 45.3 Å². The average Bonchev–Trinajstić information content (AvgIpc) is 3.11. The van der Waals surface area contributed by atoms with Gasteiger partial charge in [-0.15, -0.1) is 11.3 Å². The number of carboxylic acids is 1. The largest absolute Gasteiger partial charge is 0.502 e. The van der Waals surface area contributed by atoms with E-state index < -0.39 is 35.6 Å². The van der Waals surface area contributed by atoms with Crippen molar-refractivity contribution in [1.82, 2.24) is 14.3 Å². The van der Waals surface area contributed by atoms with E-state index in [1.807, 2.05) is 0 Å². The summed E-state index contributed by atoms with van der Waals surface area (Å²) in [5, 5.41) is 24.2. The fourth-order valence-corrected chi connectivity index (χ4v) is 3.38. The fourth-order valence-electron chi connectivity index (χ4n) is 2.45. The lowest BCUT2D eigenvalue weighted by Gasteiger charge is -2.10. The molecule has 3 rings (SSSR count). The number of hydrogen-bond acceptors (Lipinski definition) is 5. The van der Waals surface area contributed by atoms with Crippen molar-refractivity contribution in [3.8, 4) is 5.75 Å². The smallest absolute Gasteiger partial charge is 0.408 e. The van der Waals surface area contributed by atoms with Gasteiger partial charge >= 0.3 is 12.1 Å². The summed E-state index contributed by atoms with van der Waals surface area (Å²) >= 11 is 1.03. The molecule has 2 N–H and O–H groups in total. The van der Waals surface area contributed by atoms with Crippen LogP contribution in [-0.4, -0.2) is 36.7 Å². The Hall–Kier alpha value is -2.82. The van der Waals surface area contributed by atoms with Crippen LogP contribution in [0.15, 0.2) is 28.6 Å². The van der Waals surface area contributed by atoms with Crippen LogP contribution in [0.1, 0.15) is 15.9 Å². The number of aromatic carboxylic acids is 1. The maximum atomic E-state index is 12.4. The van der Waals surface area contributed by atoms with Gasteiger partial charge < -0.3 is 10.2 Å². The molecule has 11 heteroatoms. The molecule has 3 heterocycles. The van der Waals surface area contributed by atoms with Gasteiger partial charge in [0.1, 0.15) is 12.1 Å². The first-order chi connectivity index (χ1) is 11.7. The van der Waals surface area contributed by atoms with Gasteiger partial charge in [-0.2, -0.15) is 18.3 Å². The highest BCUT2D eigenvalue weighted by atomic mass is 32.1. The topological polar surface area (TPSA) is 97.3 Å². The van der Waals surface area contributed by atoms with Crippen LogP contribution in [0.5, 0.6) is 5.75 Å². The SMILES string of the molecule is O=C(O)c1c(O)c(=O)n(Cc2cnn(CC(F)(F)F)c2)c2ccsc12. The van der Waals surface area contributed by atoms with Crippen LogP contribution in [0, 0.1) is 0 Å². The number of halogens is 3. The first-order valence-corrected chi connectivity index (χ1v) is 7.69. The molecule has 0 aromatic carbocycles. The second-order valence-corrected chi connectivity index (χ2v) is 6.13. The summed E-state index contributed by atoms with van der Waals surface area (Å²) < 4.78 is 39.1. The molecule has 0 bridgehead atoms. The number of carbonyl (C=O) groups is 1. The molecule has 0 aliphatic heterocycles. The van der Waals surface area contributed by atoms with Gasteiger partial charge in [0, 0.05) is 11.8 Å². The number of fused-ring (bicyclic) bond motifs is 1. The van der Waals surface area contributed by atoms with Crippen molar-refractivity contribution in [2.45, 2.75) is 19.3 Å². The van der Waals surface area contributed by atoms with E-state index in [0.717, 1.165) is 22.1 Å². The molecular weight excluding hydrogens is 363 g/mol. The number of nitrogens with zero attached hydrogens (tertiary/aromatic N) is 3. The summed E-state index contributed by atoms with van der Waals surface area (Å²) in [4.78, 5) is 23.6. The molecule has 3 aromatic heterocycles. The molecule has 7 nitrogen and oxygen atoms in total. The maximum Gasteiger partial charge on any atom is 0.408 e. The van der Waals surface area contributed by atoms with Crippen molar-refractivity contribution < 1.29 is 28.2 Å². The van der Waals surface area contributed by atoms with Crippen molar-refractivity contribution in [3.63, 3.8) is 0 Å². The molecule has 0 saturated heterocycles. The van der Waals surface area contributed by atoms with Gasteiger partial charge in [-0.1, -0.05) is 0 Å². The molecule has 0 radical (unpaired) electrons. The van der Waals surface area contributed by atoms with E-state index in [0.29, 0.717) is 10.2 Å². The summed E-state index contributed by atoms with van der Waals surface area (Å²) in [5.74, 6) is -2.35. The van der Waals surface area contributed by atoms with E-state index in [1.165, 1.54) is 12.3 Å². The Morgan fingerprint density at radius 2 is 2.08 bits per heavy atom. The second-order valence-electron chi connectivity index (χ2n) is 5.22. The van der Waals surface area contributed by atoms with E-state index in [2.05, 4.69) is 5.10 Å². The standard InChI is InChI=1S/C14H10F3N3O4S/c15-14(16,17)6-19-4-7(3-18-19)5-20-8-1-2-25-11(8)9(13(23)24)10(21)12(20)22/h1-4,21H,5-6H2,(H,23,24). The summed E-state index contributed by atoms with van der Waals surface area (Å²) in [6, 6.07) is 1.51. The van der Waals surface area contributed by atoms with Gasteiger partial charge in [0.05, 0.1) is 23.0 Å². The molecule has 0 aliphatic carbocycles. The number of rotatable bonds is 4. The van der Waals surface area contributed by atoms with E-state index in [4.69, 9.17) is 0 Å².